The van der Waals surface area contributed by atoms with Crippen molar-refractivity contribution in [3.8, 4) is 22.6 Å². The smallest absolute Gasteiger partial charge is 0.337 e. The van der Waals surface area contributed by atoms with Crippen LogP contribution in [0.2, 0.25) is 0 Å². The number of fused-ring (bicyclic) bond motifs is 2. The van der Waals surface area contributed by atoms with E-state index in [-0.39, 0.29) is 22.6 Å². The molecule has 0 radical (unpaired) electrons. The van der Waals surface area contributed by atoms with E-state index >= 15 is 0 Å². The molecule has 0 bridgehead atoms. The fraction of sp³-hybridized carbons (Fsp3) is 0.0909. The van der Waals surface area contributed by atoms with Crippen molar-refractivity contribution < 1.29 is 24.5 Å². The van der Waals surface area contributed by atoms with Crippen molar-refractivity contribution in [1.29, 1.82) is 0 Å². The van der Waals surface area contributed by atoms with Crippen molar-refractivity contribution in [2.24, 2.45) is 0 Å². The van der Waals surface area contributed by atoms with Gasteiger partial charge in [0.15, 0.2) is 11.5 Å². The fourth-order valence-corrected chi connectivity index (χ4v) is 3.19. The summed E-state index contributed by atoms with van der Waals surface area (Å²) >= 11 is 0. The Bertz CT molecular complexity index is 1150. The number of carbonyl (C=O) groups is 2. The van der Waals surface area contributed by atoms with Gasteiger partial charge in [0.25, 0.3) is 0 Å². The Morgan fingerprint density at radius 1 is 0.821 bits per heavy atom. The molecule has 0 unspecified atom stereocenters. The summed E-state index contributed by atoms with van der Waals surface area (Å²) in [4.78, 5) is 22.9. The van der Waals surface area contributed by atoms with Gasteiger partial charge in [0, 0.05) is 0 Å². The van der Waals surface area contributed by atoms with Crippen molar-refractivity contribution >= 4 is 23.3 Å². The number of rotatable bonds is 3. The van der Waals surface area contributed by atoms with Gasteiger partial charge in [0.2, 0.25) is 0 Å². The van der Waals surface area contributed by atoms with Gasteiger partial charge in [-0.3, -0.25) is 0 Å². The van der Waals surface area contributed by atoms with Crippen LogP contribution in [0.25, 0.3) is 11.1 Å². The number of hydrogen-bond acceptors (Lipinski definition) is 4. The summed E-state index contributed by atoms with van der Waals surface area (Å²) in [5.74, 6) is -1.78. The third-order valence-electron chi connectivity index (χ3n) is 4.88. The Morgan fingerprint density at radius 2 is 1.54 bits per heavy atom. The molecule has 28 heavy (non-hydrogen) atoms. The molecule has 0 amide bonds. The van der Waals surface area contributed by atoms with E-state index in [0.29, 0.717) is 11.4 Å². The zero-order chi connectivity index (χ0) is 20.0. The van der Waals surface area contributed by atoms with Gasteiger partial charge >= 0.3 is 11.9 Å². The SMILES string of the molecule is Cc1ccc(-c2ccc3c(c2)Nc2c(cc(C(=O)O)cc2C(=O)O)O3)cc1C. The van der Waals surface area contributed by atoms with E-state index in [4.69, 9.17) is 4.74 Å². The molecule has 4 rings (SSSR count). The monoisotopic (exact) mass is 375 g/mol. The first kappa shape index (κ1) is 17.6. The van der Waals surface area contributed by atoms with Crippen molar-refractivity contribution in [3.63, 3.8) is 0 Å². The highest BCUT2D eigenvalue weighted by atomic mass is 16.5. The van der Waals surface area contributed by atoms with Crippen LogP contribution in [0.5, 0.6) is 11.5 Å². The molecule has 3 N–H and O–H groups in total. The first-order chi connectivity index (χ1) is 13.3. The van der Waals surface area contributed by atoms with Crippen LogP contribution in [-0.4, -0.2) is 22.2 Å². The molecule has 6 heteroatoms. The molecule has 140 valence electrons. The predicted octanol–water partition coefficient (Wildman–Crippen LogP) is 5.22. The minimum absolute atomic E-state index is 0.145. The number of aryl methyl sites for hydroxylation is 2. The van der Waals surface area contributed by atoms with E-state index in [1.807, 2.05) is 25.1 Å². The van der Waals surface area contributed by atoms with Crippen molar-refractivity contribution in [2.75, 3.05) is 5.32 Å². The lowest BCUT2D eigenvalue weighted by atomic mass is 9.99. The van der Waals surface area contributed by atoms with Gasteiger partial charge in [0.05, 0.1) is 22.5 Å². The molecule has 0 fully saturated rings. The van der Waals surface area contributed by atoms with Gasteiger partial charge in [-0.1, -0.05) is 24.3 Å². The van der Waals surface area contributed by atoms with Crippen LogP contribution >= 0.6 is 0 Å². The number of ether oxygens (including phenoxy) is 1. The number of benzene rings is 3. The number of carboxylic acid groups (broad SMARTS) is 2. The topological polar surface area (TPSA) is 95.9 Å². The van der Waals surface area contributed by atoms with Gasteiger partial charge in [-0.2, -0.15) is 0 Å². The van der Waals surface area contributed by atoms with Crippen LogP contribution in [0.15, 0.2) is 48.5 Å². The van der Waals surface area contributed by atoms with Crippen LogP contribution in [-0.2, 0) is 0 Å². The molecular formula is C22H17NO5. The molecule has 1 aliphatic heterocycles. The Hall–Kier alpha value is -3.80. The maximum Gasteiger partial charge on any atom is 0.337 e. The van der Waals surface area contributed by atoms with E-state index in [0.717, 1.165) is 17.2 Å². The minimum Gasteiger partial charge on any atom is -0.478 e. The molecule has 0 spiro atoms. The first-order valence-corrected chi connectivity index (χ1v) is 8.64. The van der Waals surface area contributed by atoms with Crippen molar-refractivity contribution in [3.05, 3.63) is 70.8 Å². The van der Waals surface area contributed by atoms with E-state index in [1.165, 1.54) is 17.2 Å². The summed E-state index contributed by atoms with van der Waals surface area (Å²) < 4.78 is 5.80. The number of aromatic carboxylic acids is 2. The largest absolute Gasteiger partial charge is 0.478 e. The third kappa shape index (κ3) is 2.95. The van der Waals surface area contributed by atoms with Crippen molar-refractivity contribution in [1.82, 2.24) is 0 Å². The highest BCUT2D eigenvalue weighted by molar-refractivity contribution is 6.02. The van der Waals surface area contributed by atoms with E-state index < -0.39 is 11.9 Å². The van der Waals surface area contributed by atoms with Crippen molar-refractivity contribution in [2.45, 2.75) is 13.8 Å². The Kier molecular flexibility index (Phi) is 4.04. The summed E-state index contributed by atoms with van der Waals surface area (Å²) in [5, 5.41) is 21.8. The zero-order valence-corrected chi connectivity index (χ0v) is 15.2. The number of nitrogens with one attached hydrogen (secondary N) is 1. The quantitative estimate of drug-likeness (QED) is 0.454. The Morgan fingerprint density at radius 3 is 2.21 bits per heavy atom. The van der Waals surface area contributed by atoms with Gasteiger partial charge in [-0.25, -0.2) is 9.59 Å². The van der Waals surface area contributed by atoms with Crippen LogP contribution in [0.1, 0.15) is 31.8 Å². The average Bonchev–Trinajstić information content (AvgIpc) is 2.67. The Balaban J connectivity index is 1.79. The second-order valence-electron chi connectivity index (χ2n) is 6.74. The molecule has 0 saturated heterocycles. The minimum atomic E-state index is -1.23. The number of anilines is 2. The highest BCUT2D eigenvalue weighted by Crippen LogP contribution is 2.45. The molecule has 1 aliphatic rings. The Labute approximate surface area is 161 Å². The average molecular weight is 375 g/mol. The molecular weight excluding hydrogens is 358 g/mol. The van der Waals surface area contributed by atoms with Crippen LogP contribution < -0.4 is 10.1 Å². The normalized spacial score (nSPS) is 11.6. The van der Waals surface area contributed by atoms with Crippen LogP contribution in [0.4, 0.5) is 11.4 Å². The third-order valence-corrected chi connectivity index (χ3v) is 4.88. The van der Waals surface area contributed by atoms with Crippen LogP contribution in [0, 0.1) is 13.8 Å². The first-order valence-electron chi connectivity index (χ1n) is 8.64. The second kappa shape index (κ2) is 6.42. The van der Waals surface area contributed by atoms with E-state index in [9.17, 15) is 19.8 Å². The van der Waals surface area contributed by atoms with Crippen LogP contribution in [0.3, 0.4) is 0 Å². The summed E-state index contributed by atoms with van der Waals surface area (Å²) in [6.45, 7) is 4.10. The lowest BCUT2D eigenvalue weighted by molar-refractivity contribution is 0.0696. The molecule has 1 heterocycles. The molecule has 0 aliphatic carbocycles. The van der Waals surface area contributed by atoms with E-state index in [1.54, 1.807) is 6.07 Å². The molecule has 0 atom stereocenters. The van der Waals surface area contributed by atoms with Gasteiger partial charge in [-0.15, -0.1) is 0 Å². The lowest BCUT2D eigenvalue weighted by Gasteiger charge is -2.24. The zero-order valence-electron chi connectivity index (χ0n) is 15.2. The molecule has 6 nitrogen and oxygen atoms in total. The summed E-state index contributed by atoms with van der Waals surface area (Å²) in [6.07, 6.45) is 0. The number of carboxylic acids is 2. The van der Waals surface area contributed by atoms with Gasteiger partial charge in [-0.05, 0) is 60.4 Å². The molecule has 3 aromatic carbocycles. The fourth-order valence-electron chi connectivity index (χ4n) is 3.19. The van der Waals surface area contributed by atoms with Gasteiger partial charge in [0.1, 0.15) is 0 Å². The molecule has 3 aromatic rings. The standard InChI is InChI=1S/C22H17NO5/c1-11-3-4-13(7-12(11)2)14-5-6-18-17(9-14)23-20-16(22(26)27)8-15(21(24)25)10-19(20)28-18/h3-10,23H,1-2H3,(H,24,25)(H,26,27). The summed E-state index contributed by atoms with van der Waals surface area (Å²) in [5.41, 5.74) is 4.94. The second-order valence-corrected chi connectivity index (χ2v) is 6.74. The lowest BCUT2D eigenvalue weighted by Crippen LogP contribution is -2.11. The van der Waals surface area contributed by atoms with Gasteiger partial charge < -0.3 is 20.3 Å². The summed E-state index contributed by atoms with van der Waals surface area (Å²) in [7, 11) is 0. The summed E-state index contributed by atoms with van der Waals surface area (Å²) in [6, 6.07) is 14.2. The van der Waals surface area contributed by atoms with E-state index in [2.05, 4.69) is 24.4 Å². The highest BCUT2D eigenvalue weighted by Gasteiger charge is 2.25. The number of hydrogen-bond donors (Lipinski definition) is 3. The molecule has 0 aromatic heterocycles. The maximum atomic E-state index is 11.6. The molecule has 0 saturated carbocycles. The maximum absolute atomic E-state index is 11.6. The predicted molar refractivity (Wildman–Crippen MR) is 105 cm³/mol.